The molecule has 0 N–H and O–H groups in total. The summed E-state index contributed by atoms with van der Waals surface area (Å²) in [6.45, 7) is 9.24. The van der Waals surface area contributed by atoms with Gasteiger partial charge in [-0.05, 0) is 30.1 Å². The first-order valence-corrected chi connectivity index (χ1v) is 6.03. The summed E-state index contributed by atoms with van der Waals surface area (Å²) in [6, 6.07) is 0. The van der Waals surface area contributed by atoms with E-state index in [0.29, 0.717) is 16.7 Å². The lowest BCUT2D eigenvalue weighted by molar-refractivity contribution is 0.120. The SMILES string of the molecule is CC(C)C(Cl)C1CCCCC1(C)C. The van der Waals surface area contributed by atoms with Gasteiger partial charge < -0.3 is 0 Å². The highest BCUT2D eigenvalue weighted by molar-refractivity contribution is 6.21. The lowest BCUT2D eigenvalue weighted by Crippen LogP contribution is -2.36. The van der Waals surface area contributed by atoms with Crippen molar-refractivity contribution in [2.75, 3.05) is 0 Å². The minimum absolute atomic E-state index is 0.371. The summed E-state index contributed by atoms with van der Waals surface area (Å²) in [7, 11) is 0. The van der Waals surface area contributed by atoms with Crippen LogP contribution in [0.3, 0.4) is 0 Å². The van der Waals surface area contributed by atoms with Gasteiger partial charge in [-0.3, -0.25) is 0 Å². The molecule has 0 radical (unpaired) electrons. The monoisotopic (exact) mass is 202 g/mol. The fourth-order valence-electron chi connectivity index (χ4n) is 2.58. The first-order valence-electron chi connectivity index (χ1n) is 5.59. The van der Waals surface area contributed by atoms with Crippen LogP contribution in [0.1, 0.15) is 53.4 Å². The van der Waals surface area contributed by atoms with E-state index in [4.69, 9.17) is 11.6 Å². The molecular weight excluding hydrogens is 180 g/mol. The molecule has 1 heteroatoms. The van der Waals surface area contributed by atoms with Crippen LogP contribution in [0.5, 0.6) is 0 Å². The van der Waals surface area contributed by atoms with Crippen LogP contribution in [-0.4, -0.2) is 5.38 Å². The smallest absolute Gasteiger partial charge is 0.0392 e. The van der Waals surface area contributed by atoms with Crippen molar-refractivity contribution in [2.24, 2.45) is 17.3 Å². The molecule has 0 aromatic rings. The zero-order valence-electron chi connectivity index (χ0n) is 9.44. The number of hydrogen-bond donors (Lipinski definition) is 0. The molecule has 1 aliphatic rings. The predicted octanol–water partition coefficient (Wildman–Crippen LogP) is 4.47. The van der Waals surface area contributed by atoms with Gasteiger partial charge in [0.2, 0.25) is 0 Å². The lowest BCUT2D eigenvalue weighted by Gasteiger charge is -2.42. The summed E-state index contributed by atoms with van der Waals surface area (Å²) < 4.78 is 0. The minimum Gasteiger partial charge on any atom is -0.122 e. The third kappa shape index (κ3) is 2.62. The van der Waals surface area contributed by atoms with Crippen LogP contribution in [0.25, 0.3) is 0 Å². The van der Waals surface area contributed by atoms with Crippen LogP contribution in [0.15, 0.2) is 0 Å². The van der Waals surface area contributed by atoms with Crippen LogP contribution in [0.2, 0.25) is 0 Å². The Labute approximate surface area is 88.1 Å². The summed E-state index contributed by atoms with van der Waals surface area (Å²) >= 11 is 6.48. The Morgan fingerprint density at radius 2 is 1.85 bits per heavy atom. The molecule has 0 spiro atoms. The molecule has 0 aromatic heterocycles. The Balaban J connectivity index is 2.65. The molecule has 0 aromatic carbocycles. The van der Waals surface area contributed by atoms with Crippen LogP contribution in [0.4, 0.5) is 0 Å². The molecule has 1 rings (SSSR count). The summed E-state index contributed by atoms with van der Waals surface area (Å²) in [5, 5.41) is 0.371. The van der Waals surface area contributed by atoms with E-state index in [-0.39, 0.29) is 0 Å². The van der Waals surface area contributed by atoms with Gasteiger partial charge in [0.05, 0.1) is 0 Å². The molecule has 0 aliphatic heterocycles. The van der Waals surface area contributed by atoms with Gasteiger partial charge in [0.15, 0.2) is 0 Å². The molecule has 0 bridgehead atoms. The van der Waals surface area contributed by atoms with Gasteiger partial charge in [0.1, 0.15) is 0 Å². The summed E-state index contributed by atoms with van der Waals surface area (Å²) in [5.74, 6) is 1.34. The summed E-state index contributed by atoms with van der Waals surface area (Å²) in [5.41, 5.74) is 0.467. The molecule has 1 saturated carbocycles. The predicted molar refractivity (Wildman–Crippen MR) is 60.2 cm³/mol. The molecule has 2 unspecified atom stereocenters. The second-order valence-electron chi connectivity index (χ2n) is 5.53. The number of alkyl halides is 1. The highest BCUT2D eigenvalue weighted by atomic mass is 35.5. The maximum atomic E-state index is 6.48. The largest absolute Gasteiger partial charge is 0.122 e. The zero-order chi connectivity index (χ0) is 10.1. The van der Waals surface area contributed by atoms with E-state index >= 15 is 0 Å². The zero-order valence-corrected chi connectivity index (χ0v) is 10.2. The molecule has 1 aliphatic carbocycles. The summed E-state index contributed by atoms with van der Waals surface area (Å²) in [6.07, 6.45) is 5.46. The van der Waals surface area contributed by atoms with Gasteiger partial charge >= 0.3 is 0 Å². The Bertz CT molecular complexity index is 161. The maximum Gasteiger partial charge on any atom is 0.0392 e. The van der Waals surface area contributed by atoms with E-state index < -0.39 is 0 Å². The van der Waals surface area contributed by atoms with E-state index in [0.717, 1.165) is 5.92 Å². The Hall–Kier alpha value is 0.290. The van der Waals surface area contributed by atoms with Crippen LogP contribution >= 0.6 is 11.6 Å². The molecule has 2 atom stereocenters. The van der Waals surface area contributed by atoms with Gasteiger partial charge in [-0.2, -0.15) is 0 Å². The van der Waals surface area contributed by atoms with E-state index in [1.54, 1.807) is 0 Å². The van der Waals surface area contributed by atoms with Crippen molar-refractivity contribution < 1.29 is 0 Å². The van der Waals surface area contributed by atoms with Crippen molar-refractivity contribution in [3.8, 4) is 0 Å². The van der Waals surface area contributed by atoms with Crippen molar-refractivity contribution in [3.05, 3.63) is 0 Å². The topological polar surface area (TPSA) is 0 Å². The number of hydrogen-bond acceptors (Lipinski definition) is 0. The average molecular weight is 203 g/mol. The first-order chi connectivity index (χ1) is 5.95. The third-order valence-electron chi connectivity index (χ3n) is 3.61. The third-order valence-corrected chi connectivity index (χ3v) is 4.42. The van der Waals surface area contributed by atoms with Crippen LogP contribution in [-0.2, 0) is 0 Å². The van der Waals surface area contributed by atoms with Crippen molar-refractivity contribution in [3.63, 3.8) is 0 Å². The maximum absolute atomic E-state index is 6.48. The Morgan fingerprint density at radius 3 is 2.31 bits per heavy atom. The van der Waals surface area contributed by atoms with Crippen molar-refractivity contribution in [1.29, 1.82) is 0 Å². The van der Waals surface area contributed by atoms with Crippen LogP contribution in [0, 0.1) is 17.3 Å². The van der Waals surface area contributed by atoms with Crippen molar-refractivity contribution in [1.82, 2.24) is 0 Å². The van der Waals surface area contributed by atoms with E-state index in [9.17, 15) is 0 Å². The second kappa shape index (κ2) is 4.21. The quantitative estimate of drug-likeness (QED) is 0.580. The van der Waals surface area contributed by atoms with E-state index in [1.807, 2.05) is 0 Å². The van der Waals surface area contributed by atoms with Gasteiger partial charge in [0, 0.05) is 5.38 Å². The van der Waals surface area contributed by atoms with Gasteiger partial charge in [-0.25, -0.2) is 0 Å². The molecule has 0 nitrogen and oxygen atoms in total. The molecule has 0 saturated heterocycles. The fourth-order valence-corrected chi connectivity index (χ4v) is 3.04. The molecule has 78 valence electrons. The Kier molecular flexibility index (Phi) is 3.68. The molecule has 1 fully saturated rings. The average Bonchev–Trinajstić information content (AvgIpc) is 2.02. The second-order valence-corrected chi connectivity index (χ2v) is 6.03. The van der Waals surface area contributed by atoms with E-state index in [1.165, 1.54) is 25.7 Å². The molecule has 0 amide bonds. The fraction of sp³-hybridized carbons (Fsp3) is 1.00. The minimum atomic E-state index is 0.371. The van der Waals surface area contributed by atoms with Crippen molar-refractivity contribution in [2.45, 2.75) is 58.8 Å². The molecular formula is C12H23Cl. The molecule has 13 heavy (non-hydrogen) atoms. The normalized spacial score (nSPS) is 30.5. The highest BCUT2D eigenvalue weighted by Crippen LogP contribution is 2.45. The Morgan fingerprint density at radius 1 is 1.23 bits per heavy atom. The van der Waals surface area contributed by atoms with Gasteiger partial charge in [0.25, 0.3) is 0 Å². The lowest BCUT2D eigenvalue weighted by atomic mass is 9.66. The molecule has 0 heterocycles. The van der Waals surface area contributed by atoms with Crippen LogP contribution < -0.4 is 0 Å². The standard InChI is InChI=1S/C12H23Cl/c1-9(2)11(13)10-7-5-6-8-12(10,3)4/h9-11H,5-8H2,1-4H3. The van der Waals surface area contributed by atoms with Crippen molar-refractivity contribution >= 4 is 11.6 Å². The first kappa shape index (κ1) is 11.4. The summed E-state index contributed by atoms with van der Waals surface area (Å²) in [4.78, 5) is 0. The van der Waals surface area contributed by atoms with E-state index in [2.05, 4.69) is 27.7 Å². The van der Waals surface area contributed by atoms with Gasteiger partial charge in [-0.15, -0.1) is 11.6 Å². The number of rotatable bonds is 2. The van der Waals surface area contributed by atoms with Gasteiger partial charge in [-0.1, -0.05) is 40.5 Å². The number of halogens is 1. The highest BCUT2D eigenvalue weighted by Gasteiger charge is 2.37.